The van der Waals surface area contributed by atoms with Gasteiger partial charge in [0.15, 0.2) is 0 Å². The van der Waals surface area contributed by atoms with Crippen molar-refractivity contribution in [2.75, 3.05) is 12.0 Å². The first-order chi connectivity index (χ1) is 5.74. The van der Waals surface area contributed by atoms with Crippen LogP contribution in [0.2, 0.25) is 0 Å². The zero-order valence-corrected chi connectivity index (χ0v) is 6.58. The Morgan fingerprint density at radius 2 is 2.25 bits per heavy atom. The number of carbonyl (C=O) groups is 1. The van der Waals surface area contributed by atoms with Gasteiger partial charge in [-0.2, -0.15) is 0 Å². The molecule has 5 N–H and O–H groups in total. The molecule has 0 bridgehead atoms. The molecule has 1 amide bonds. The molecule has 12 heavy (non-hydrogen) atoms. The number of nitrogens with one attached hydrogen (secondary N) is 1. The summed E-state index contributed by atoms with van der Waals surface area (Å²) >= 11 is 0. The normalized spacial score (nSPS) is 9.42. The van der Waals surface area contributed by atoms with Gasteiger partial charge in [0, 0.05) is 11.3 Å². The van der Waals surface area contributed by atoms with Crippen LogP contribution in [0.3, 0.4) is 0 Å². The number of hydrogen-bond acceptors (Lipinski definition) is 3. The van der Waals surface area contributed by atoms with E-state index in [1.165, 1.54) is 0 Å². The number of primary amides is 1. The molecule has 0 saturated heterocycles. The van der Waals surface area contributed by atoms with Crippen LogP contribution in [-0.4, -0.2) is 12.6 Å². The topological polar surface area (TPSA) is 81.1 Å². The van der Waals surface area contributed by atoms with E-state index in [4.69, 9.17) is 11.5 Å². The second-order valence-corrected chi connectivity index (χ2v) is 2.33. The molecule has 0 saturated carbocycles. The fourth-order valence-corrected chi connectivity index (χ4v) is 0.900. The summed E-state index contributed by atoms with van der Waals surface area (Å²) in [7, 11) is 0. The summed E-state index contributed by atoms with van der Waals surface area (Å²) in [5, 5.41) is 2.87. The number of carbonyl (C=O) groups excluding carboxylic acids is 1. The van der Waals surface area contributed by atoms with Gasteiger partial charge in [-0.05, 0) is 18.2 Å². The van der Waals surface area contributed by atoms with E-state index >= 15 is 0 Å². The predicted molar refractivity (Wildman–Crippen MR) is 47.6 cm³/mol. The maximum absolute atomic E-state index is 10.7. The zero-order chi connectivity index (χ0) is 8.97. The SMILES string of the molecule is NCNc1cccc(C(N)=O)c1. The Balaban J connectivity index is 2.88. The minimum atomic E-state index is -0.435. The highest BCUT2D eigenvalue weighted by Crippen LogP contribution is 2.08. The molecule has 0 aliphatic rings. The maximum Gasteiger partial charge on any atom is 0.248 e. The van der Waals surface area contributed by atoms with Gasteiger partial charge in [-0.15, -0.1) is 0 Å². The third kappa shape index (κ3) is 1.96. The van der Waals surface area contributed by atoms with Crippen molar-refractivity contribution in [3.8, 4) is 0 Å². The molecule has 4 nitrogen and oxygen atoms in total. The van der Waals surface area contributed by atoms with Crippen LogP contribution in [0, 0.1) is 0 Å². The number of nitrogens with two attached hydrogens (primary N) is 2. The Hall–Kier alpha value is -1.55. The molecule has 64 valence electrons. The first-order valence-corrected chi connectivity index (χ1v) is 3.58. The molecule has 1 aromatic carbocycles. The molecular weight excluding hydrogens is 154 g/mol. The van der Waals surface area contributed by atoms with Gasteiger partial charge in [-0.3, -0.25) is 4.79 Å². The maximum atomic E-state index is 10.7. The van der Waals surface area contributed by atoms with Gasteiger partial charge < -0.3 is 16.8 Å². The molecular formula is C8H11N3O. The van der Waals surface area contributed by atoms with E-state index in [1.807, 2.05) is 6.07 Å². The van der Waals surface area contributed by atoms with Gasteiger partial charge >= 0.3 is 0 Å². The van der Waals surface area contributed by atoms with Crippen molar-refractivity contribution in [2.45, 2.75) is 0 Å². The quantitative estimate of drug-likeness (QED) is 0.556. The lowest BCUT2D eigenvalue weighted by Gasteiger charge is -2.03. The van der Waals surface area contributed by atoms with Crippen LogP contribution in [0.1, 0.15) is 10.4 Å². The van der Waals surface area contributed by atoms with Crippen LogP contribution in [0.25, 0.3) is 0 Å². The number of anilines is 1. The van der Waals surface area contributed by atoms with E-state index in [-0.39, 0.29) is 0 Å². The van der Waals surface area contributed by atoms with Gasteiger partial charge in [0.2, 0.25) is 5.91 Å². The molecule has 0 unspecified atom stereocenters. The summed E-state index contributed by atoms with van der Waals surface area (Å²) < 4.78 is 0. The van der Waals surface area contributed by atoms with E-state index in [0.29, 0.717) is 12.2 Å². The lowest BCUT2D eigenvalue weighted by Crippen LogP contribution is -2.13. The van der Waals surface area contributed by atoms with E-state index in [9.17, 15) is 4.79 Å². The van der Waals surface area contributed by atoms with Crippen LogP contribution < -0.4 is 16.8 Å². The third-order valence-corrected chi connectivity index (χ3v) is 1.45. The molecule has 0 heterocycles. The Kier molecular flexibility index (Phi) is 2.66. The van der Waals surface area contributed by atoms with Gasteiger partial charge in [-0.25, -0.2) is 0 Å². The fraction of sp³-hybridized carbons (Fsp3) is 0.125. The summed E-state index contributed by atoms with van der Waals surface area (Å²) in [6.45, 7) is 0.336. The molecule has 1 aromatic rings. The van der Waals surface area contributed by atoms with Crippen LogP contribution in [0.4, 0.5) is 5.69 Å². The van der Waals surface area contributed by atoms with Gasteiger partial charge in [0.25, 0.3) is 0 Å². The van der Waals surface area contributed by atoms with Crippen molar-refractivity contribution in [1.82, 2.24) is 0 Å². The molecule has 0 aliphatic heterocycles. The van der Waals surface area contributed by atoms with Crippen molar-refractivity contribution in [2.24, 2.45) is 11.5 Å². The van der Waals surface area contributed by atoms with Crippen LogP contribution in [0.15, 0.2) is 24.3 Å². The molecule has 0 fully saturated rings. The summed E-state index contributed by atoms with van der Waals surface area (Å²) in [6.07, 6.45) is 0. The molecule has 0 spiro atoms. The summed E-state index contributed by atoms with van der Waals surface area (Å²) in [5.41, 5.74) is 11.6. The summed E-state index contributed by atoms with van der Waals surface area (Å²) in [6, 6.07) is 6.89. The second-order valence-electron chi connectivity index (χ2n) is 2.33. The van der Waals surface area contributed by atoms with Gasteiger partial charge in [0.05, 0.1) is 6.67 Å². The van der Waals surface area contributed by atoms with E-state index in [0.717, 1.165) is 5.69 Å². The number of rotatable bonds is 3. The van der Waals surface area contributed by atoms with Crippen molar-refractivity contribution in [3.63, 3.8) is 0 Å². The van der Waals surface area contributed by atoms with E-state index in [1.54, 1.807) is 18.2 Å². The standard InChI is InChI=1S/C8H11N3O/c9-5-11-7-3-1-2-6(4-7)8(10)12/h1-4,11H,5,9H2,(H2,10,12). The summed E-state index contributed by atoms with van der Waals surface area (Å²) in [5.74, 6) is -0.435. The first-order valence-electron chi connectivity index (χ1n) is 3.58. The Bertz CT molecular complexity index is 285. The molecule has 0 radical (unpaired) electrons. The molecule has 0 atom stereocenters. The predicted octanol–water partition coefficient (Wildman–Crippen LogP) is 0.114. The molecule has 4 heteroatoms. The Morgan fingerprint density at radius 1 is 1.50 bits per heavy atom. The van der Waals surface area contributed by atoms with Crippen molar-refractivity contribution < 1.29 is 4.79 Å². The first kappa shape index (κ1) is 8.55. The monoisotopic (exact) mass is 165 g/mol. The molecule has 1 rings (SSSR count). The largest absolute Gasteiger partial charge is 0.373 e. The Morgan fingerprint density at radius 3 is 2.83 bits per heavy atom. The summed E-state index contributed by atoms with van der Waals surface area (Å²) in [4.78, 5) is 10.7. The van der Waals surface area contributed by atoms with Crippen LogP contribution in [0.5, 0.6) is 0 Å². The number of hydrogen-bond donors (Lipinski definition) is 3. The van der Waals surface area contributed by atoms with E-state index in [2.05, 4.69) is 5.32 Å². The number of benzene rings is 1. The zero-order valence-electron chi connectivity index (χ0n) is 6.58. The van der Waals surface area contributed by atoms with Crippen LogP contribution in [-0.2, 0) is 0 Å². The van der Waals surface area contributed by atoms with Gasteiger partial charge in [0.1, 0.15) is 0 Å². The smallest absolute Gasteiger partial charge is 0.248 e. The average Bonchev–Trinajstić information content (AvgIpc) is 2.05. The fourth-order valence-electron chi connectivity index (χ4n) is 0.900. The van der Waals surface area contributed by atoms with E-state index < -0.39 is 5.91 Å². The Labute approximate surface area is 70.6 Å². The molecule has 0 aliphatic carbocycles. The van der Waals surface area contributed by atoms with Crippen molar-refractivity contribution >= 4 is 11.6 Å². The van der Waals surface area contributed by atoms with Crippen molar-refractivity contribution in [1.29, 1.82) is 0 Å². The highest BCUT2D eigenvalue weighted by molar-refractivity contribution is 5.93. The number of amides is 1. The highest BCUT2D eigenvalue weighted by Gasteiger charge is 1.99. The average molecular weight is 165 g/mol. The lowest BCUT2D eigenvalue weighted by molar-refractivity contribution is 0.100. The van der Waals surface area contributed by atoms with Gasteiger partial charge in [-0.1, -0.05) is 6.07 Å². The minimum absolute atomic E-state index is 0.336. The highest BCUT2D eigenvalue weighted by atomic mass is 16.1. The second kappa shape index (κ2) is 3.73. The molecule has 0 aromatic heterocycles. The third-order valence-electron chi connectivity index (χ3n) is 1.45. The lowest BCUT2D eigenvalue weighted by atomic mass is 10.2. The minimum Gasteiger partial charge on any atom is -0.373 e. The van der Waals surface area contributed by atoms with Crippen LogP contribution >= 0.6 is 0 Å². The van der Waals surface area contributed by atoms with Crippen molar-refractivity contribution in [3.05, 3.63) is 29.8 Å².